The van der Waals surface area contributed by atoms with Crippen LogP contribution in [0.1, 0.15) is 39.0 Å². The first-order valence-electron chi connectivity index (χ1n) is 4.83. The van der Waals surface area contributed by atoms with Gasteiger partial charge in [-0.15, -0.1) is 0 Å². The number of carbonyl (C=O) groups is 1. The van der Waals surface area contributed by atoms with Crippen LogP contribution in [0.25, 0.3) is 0 Å². The van der Waals surface area contributed by atoms with Gasteiger partial charge in [0, 0.05) is 12.0 Å². The molecule has 0 aromatic carbocycles. The predicted octanol–water partition coefficient (Wildman–Crippen LogP) is 1.76. The lowest BCUT2D eigenvalue weighted by Gasteiger charge is -2.20. The highest BCUT2D eigenvalue weighted by Gasteiger charge is 2.37. The summed E-state index contributed by atoms with van der Waals surface area (Å²) in [7, 11) is 0. The van der Waals surface area contributed by atoms with Gasteiger partial charge in [-0.2, -0.15) is 0 Å². The largest absolute Gasteiger partial charge is 0.396 e. The van der Waals surface area contributed by atoms with Crippen LogP contribution >= 0.6 is 0 Å². The molecule has 1 fully saturated rings. The fourth-order valence-corrected chi connectivity index (χ4v) is 2.23. The Kier molecular flexibility index (Phi) is 3.27. The van der Waals surface area contributed by atoms with Crippen LogP contribution < -0.4 is 0 Å². The molecule has 2 nitrogen and oxygen atoms in total. The van der Waals surface area contributed by atoms with Crippen molar-refractivity contribution in [3.8, 4) is 0 Å². The Balaban J connectivity index is 2.52. The third-order valence-corrected chi connectivity index (χ3v) is 3.18. The molecule has 12 heavy (non-hydrogen) atoms. The molecule has 1 aliphatic carbocycles. The number of hydrogen-bond donors (Lipinski definition) is 1. The molecule has 0 aromatic rings. The van der Waals surface area contributed by atoms with E-state index in [1.807, 2.05) is 0 Å². The third-order valence-electron chi connectivity index (χ3n) is 3.18. The summed E-state index contributed by atoms with van der Waals surface area (Å²) in [5.41, 5.74) is -0.171. The van der Waals surface area contributed by atoms with Crippen LogP contribution in [0.4, 0.5) is 0 Å². The van der Waals surface area contributed by atoms with Crippen molar-refractivity contribution in [2.24, 2.45) is 11.3 Å². The summed E-state index contributed by atoms with van der Waals surface area (Å²) in [5, 5.41) is 8.82. The number of rotatable bonds is 4. The standard InChI is InChI=1S/C10H18O2/c1-2-9-3-4-10(7-9,8-12)5-6-11/h8-9,11H,2-7H2,1H3. The number of carbonyl (C=O) groups excluding carboxylic acids is 1. The maximum Gasteiger partial charge on any atom is 0.126 e. The van der Waals surface area contributed by atoms with Crippen LogP contribution in [0, 0.1) is 11.3 Å². The second-order valence-electron chi connectivity index (χ2n) is 3.97. The zero-order valence-corrected chi connectivity index (χ0v) is 7.75. The average Bonchev–Trinajstić information content (AvgIpc) is 2.50. The summed E-state index contributed by atoms with van der Waals surface area (Å²) in [6, 6.07) is 0. The van der Waals surface area contributed by atoms with E-state index in [-0.39, 0.29) is 12.0 Å². The predicted molar refractivity (Wildman–Crippen MR) is 47.8 cm³/mol. The smallest absolute Gasteiger partial charge is 0.126 e. The summed E-state index contributed by atoms with van der Waals surface area (Å²) >= 11 is 0. The summed E-state index contributed by atoms with van der Waals surface area (Å²) in [6.07, 6.45) is 6.03. The highest BCUT2D eigenvalue weighted by Crippen LogP contribution is 2.43. The van der Waals surface area contributed by atoms with Crippen molar-refractivity contribution in [3.63, 3.8) is 0 Å². The molecule has 0 radical (unpaired) electrons. The topological polar surface area (TPSA) is 37.3 Å². The first kappa shape index (κ1) is 9.72. The van der Waals surface area contributed by atoms with E-state index in [9.17, 15) is 4.79 Å². The Morgan fingerprint density at radius 2 is 2.42 bits per heavy atom. The minimum absolute atomic E-state index is 0.148. The molecule has 0 amide bonds. The van der Waals surface area contributed by atoms with E-state index >= 15 is 0 Å². The second-order valence-corrected chi connectivity index (χ2v) is 3.97. The van der Waals surface area contributed by atoms with Crippen molar-refractivity contribution in [2.45, 2.75) is 39.0 Å². The summed E-state index contributed by atoms with van der Waals surface area (Å²) < 4.78 is 0. The molecule has 2 atom stereocenters. The van der Waals surface area contributed by atoms with Crippen molar-refractivity contribution >= 4 is 6.29 Å². The quantitative estimate of drug-likeness (QED) is 0.653. The fourth-order valence-electron chi connectivity index (χ4n) is 2.23. The first-order chi connectivity index (χ1) is 5.76. The molecule has 2 unspecified atom stereocenters. The van der Waals surface area contributed by atoms with Gasteiger partial charge in [-0.1, -0.05) is 13.3 Å². The van der Waals surface area contributed by atoms with Crippen LogP contribution in [0.2, 0.25) is 0 Å². The zero-order chi connectivity index (χ0) is 9.03. The van der Waals surface area contributed by atoms with Crippen molar-refractivity contribution in [1.29, 1.82) is 0 Å². The van der Waals surface area contributed by atoms with Crippen molar-refractivity contribution in [1.82, 2.24) is 0 Å². The molecule has 1 saturated carbocycles. The van der Waals surface area contributed by atoms with Gasteiger partial charge in [0.2, 0.25) is 0 Å². The van der Waals surface area contributed by atoms with E-state index in [2.05, 4.69) is 6.92 Å². The maximum absolute atomic E-state index is 10.9. The van der Waals surface area contributed by atoms with Gasteiger partial charge in [0.1, 0.15) is 6.29 Å². The lowest BCUT2D eigenvalue weighted by Crippen LogP contribution is -2.20. The van der Waals surface area contributed by atoms with Crippen LogP contribution in [-0.2, 0) is 4.79 Å². The molecular weight excluding hydrogens is 152 g/mol. The van der Waals surface area contributed by atoms with Gasteiger partial charge in [-0.25, -0.2) is 0 Å². The average molecular weight is 170 g/mol. The molecule has 0 spiro atoms. The minimum Gasteiger partial charge on any atom is -0.396 e. The first-order valence-corrected chi connectivity index (χ1v) is 4.83. The molecule has 1 aliphatic rings. The third kappa shape index (κ3) is 1.86. The molecule has 0 saturated heterocycles. The fraction of sp³-hybridized carbons (Fsp3) is 0.900. The number of aldehydes is 1. The van der Waals surface area contributed by atoms with Crippen molar-refractivity contribution in [2.75, 3.05) is 6.61 Å². The Morgan fingerprint density at radius 3 is 2.83 bits per heavy atom. The highest BCUT2D eigenvalue weighted by molar-refractivity contribution is 5.60. The van der Waals surface area contributed by atoms with Crippen molar-refractivity contribution < 1.29 is 9.90 Å². The van der Waals surface area contributed by atoms with Gasteiger partial charge in [-0.3, -0.25) is 0 Å². The molecule has 0 bridgehead atoms. The Bertz CT molecular complexity index is 156. The van der Waals surface area contributed by atoms with Gasteiger partial charge in [-0.05, 0) is 31.6 Å². The lowest BCUT2D eigenvalue weighted by atomic mass is 9.83. The Labute approximate surface area is 74.0 Å². The summed E-state index contributed by atoms with van der Waals surface area (Å²) in [4.78, 5) is 10.9. The van der Waals surface area contributed by atoms with E-state index in [1.165, 1.54) is 6.42 Å². The van der Waals surface area contributed by atoms with Crippen LogP contribution in [-0.4, -0.2) is 18.0 Å². The molecule has 1 rings (SSSR count). The maximum atomic E-state index is 10.9. The van der Waals surface area contributed by atoms with Crippen LogP contribution in [0.5, 0.6) is 0 Å². The zero-order valence-electron chi connectivity index (χ0n) is 7.75. The van der Waals surface area contributed by atoms with Gasteiger partial charge in [0.25, 0.3) is 0 Å². The van der Waals surface area contributed by atoms with Gasteiger partial charge >= 0.3 is 0 Å². The summed E-state index contributed by atoms with van der Waals surface area (Å²) in [5.74, 6) is 0.710. The van der Waals surface area contributed by atoms with Gasteiger partial charge in [0.05, 0.1) is 0 Å². The Morgan fingerprint density at radius 1 is 1.67 bits per heavy atom. The Hall–Kier alpha value is -0.370. The number of hydrogen-bond acceptors (Lipinski definition) is 2. The molecule has 70 valence electrons. The lowest BCUT2D eigenvalue weighted by molar-refractivity contribution is -0.116. The van der Waals surface area contributed by atoms with Crippen LogP contribution in [0.3, 0.4) is 0 Å². The van der Waals surface area contributed by atoms with E-state index < -0.39 is 0 Å². The SMILES string of the molecule is CCC1CCC(C=O)(CCO)C1. The monoisotopic (exact) mass is 170 g/mol. The molecule has 0 aromatic heterocycles. The molecule has 0 aliphatic heterocycles. The number of aliphatic hydroxyl groups excluding tert-OH is 1. The van der Waals surface area contributed by atoms with Crippen LogP contribution in [0.15, 0.2) is 0 Å². The summed E-state index contributed by atoms with van der Waals surface area (Å²) in [6.45, 7) is 2.32. The van der Waals surface area contributed by atoms with E-state index in [4.69, 9.17) is 5.11 Å². The molecule has 0 heterocycles. The normalized spacial score (nSPS) is 35.3. The number of aliphatic hydroxyl groups is 1. The van der Waals surface area contributed by atoms with Gasteiger partial charge in [0.15, 0.2) is 0 Å². The minimum atomic E-state index is -0.171. The molecule has 1 N–H and O–H groups in total. The van der Waals surface area contributed by atoms with E-state index in [1.54, 1.807) is 0 Å². The molecular formula is C10H18O2. The van der Waals surface area contributed by atoms with E-state index in [0.29, 0.717) is 12.3 Å². The van der Waals surface area contributed by atoms with Crippen molar-refractivity contribution in [3.05, 3.63) is 0 Å². The van der Waals surface area contributed by atoms with Gasteiger partial charge < -0.3 is 9.90 Å². The molecule has 2 heteroatoms. The second kappa shape index (κ2) is 4.04. The highest BCUT2D eigenvalue weighted by atomic mass is 16.3. The van der Waals surface area contributed by atoms with E-state index in [0.717, 1.165) is 25.5 Å².